The Morgan fingerprint density at radius 3 is 3.00 bits per heavy atom. The summed E-state index contributed by atoms with van der Waals surface area (Å²) < 4.78 is 5.52. The van der Waals surface area contributed by atoms with Gasteiger partial charge in [-0.2, -0.15) is 0 Å². The molecule has 1 aliphatic heterocycles. The number of carbonyl (C=O) groups excluding carboxylic acids is 1. The molecule has 7 nitrogen and oxygen atoms in total. The molecule has 0 saturated carbocycles. The van der Waals surface area contributed by atoms with Crippen molar-refractivity contribution in [3.05, 3.63) is 48.6 Å². The largest absolute Gasteiger partial charge is 0.377 e. The molecule has 0 spiro atoms. The highest BCUT2D eigenvalue weighted by molar-refractivity contribution is 5.92. The van der Waals surface area contributed by atoms with Gasteiger partial charge in [0.15, 0.2) is 0 Å². The zero-order valence-corrected chi connectivity index (χ0v) is 12.1. The molecule has 0 bridgehead atoms. The number of carbonyl (C=O) groups is 1. The van der Waals surface area contributed by atoms with Gasteiger partial charge in [-0.25, -0.2) is 9.97 Å². The molecule has 0 N–H and O–H groups in total. The summed E-state index contributed by atoms with van der Waals surface area (Å²) in [5, 5.41) is 0. The highest BCUT2D eigenvalue weighted by atomic mass is 16.5. The van der Waals surface area contributed by atoms with E-state index in [4.69, 9.17) is 4.74 Å². The molecule has 1 saturated heterocycles. The average Bonchev–Trinajstić information content (AvgIpc) is 2.61. The van der Waals surface area contributed by atoms with E-state index >= 15 is 0 Å². The summed E-state index contributed by atoms with van der Waals surface area (Å²) in [6.45, 7) is 1.67. The van der Waals surface area contributed by atoms with E-state index in [1.165, 1.54) is 6.33 Å². The molecule has 1 aliphatic rings. The summed E-state index contributed by atoms with van der Waals surface area (Å²) in [6, 6.07) is 1.66. The maximum atomic E-state index is 12.6. The van der Waals surface area contributed by atoms with Gasteiger partial charge >= 0.3 is 0 Å². The highest BCUT2D eigenvalue weighted by Gasteiger charge is 2.28. The standard InChI is InChI=1S/C15H17N5O2/c21-15(14-3-4-17-11-19-14)20-7-8-22-10-13(20)2-1-12-9-16-5-6-18-12/h3-6,9,11,13H,1-2,7-8,10H2/t13-/m0/s1. The normalized spacial score (nSPS) is 18.2. The summed E-state index contributed by atoms with van der Waals surface area (Å²) in [5.41, 5.74) is 1.34. The van der Waals surface area contributed by atoms with Crippen LogP contribution in [0.1, 0.15) is 22.6 Å². The molecule has 22 heavy (non-hydrogen) atoms. The number of aryl methyl sites for hydroxylation is 1. The maximum Gasteiger partial charge on any atom is 0.272 e. The zero-order chi connectivity index (χ0) is 15.2. The zero-order valence-electron chi connectivity index (χ0n) is 12.1. The van der Waals surface area contributed by atoms with Crippen LogP contribution in [-0.2, 0) is 11.2 Å². The number of aromatic nitrogens is 4. The van der Waals surface area contributed by atoms with E-state index in [1.807, 2.05) is 4.90 Å². The van der Waals surface area contributed by atoms with Crippen LogP contribution in [0.25, 0.3) is 0 Å². The average molecular weight is 299 g/mol. The highest BCUT2D eigenvalue weighted by Crippen LogP contribution is 2.15. The third-order valence-corrected chi connectivity index (χ3v) is 3.64. The van der Waals surface area contributed by atoms with E-state index < -0.39 is 0 Å². The van der Waals surface area contributed by atoms with Gasteiger partial charge < -0.3 is 9.64 Å². The summed E-state index contributed by atoms with van der Waals surface area (Å²) in [6.07, 6.45) is 9.59. The minimum absolute atomic E-state index is 0.0261. The molecule has 114 valence electrons. The molecule has 3 rings (SSSR count). The van der Waals surface area contributed by atoms with Crippen LogP contribution in [0.5, 0.6) is 0 Å². The lowest BCUT2D eigenvalue weighted by molar-refractivity contribution is -0.00444. The number of hydrogen-bond donors (Lipinski definition) is 0. The Morgan fingerprint density at radius 1 is 1.27 bits per heavy atom. The van der Waals surface area contributed by atoms with Gasteiger partial charge in [0.25, 0.3) is 5.91 Å². The second-order valence-corrected chi connectivity index (χ2v) is 5.06. The molecule has 1 atom stereocenters. The number of morpholine rings is 1. The number of ether oxygens (including phenoxy) is 1. The van der Waals surface area contributed by atoms with Gasteiger partial charge in [0.2, 0.25) is 0 Å². The lowest BCUT2D eigenvalue weighted by Crippen LogP contribution is -2.49. The molecule has 0 aromatic carbocycles. The second kappa shape index (κ2) is 7.04. The van der Waals surface area contributed by atoms with E-state index in [1.54, 1.807) is 30.9 Å². The number of rotatable bonds is 4. The van der Waals surface area contributed by atoms with Crippen LogP contribution < -0.4 is 0 Å². The Balaban J connectivity index is 1.67. The minimum Gasteiger partial charge on any atom is -0.377 e. The van der Waals surface area contributed by atoms with Crippen molar-refractivity contribution in [2.45, 2.75) is 18.9 Å². The first kappa shape index (κ1) is 14.5. The van der Waals surface area contributed by atoms with Crippen LogP contribution in [0.3, 0.4) is 0 Å². The van der Waals surface area contributed by atoms with E-state index in [0.717, 1.165) is 18.5 Å². The number of amides is 1. The van der Waals surface area contributed by atoms with Crippen LogP contribution in [0.15, 0.2) is 37.2 Å². The fraction of sp³-hybridized carbons (Fsp3) is 0.400. The van der Waals surface area contributed by atoms with Gasteiger partial charge in [-0.1, -0.05) is 0 Å². The molecule has 1 amide bonds. The molecule has 0 radical (unpaired) electrons. The lowest BCUT2D eigenvalue weighted by atomic mass is 10.1. The first-order valence-electron chi connectivity index (χ1n) is 7.24. The molecule has 7 heteroatoms. The van der Waals surface area contributed by atoms with Crippen LogP contribution in [0, 0.1) is 0 Å². The molecule has 0 aliphatic carbocycles. The Morgan fingerprint density at radius 2 is 2.23 bits per heavy atom. The first-order chi connectivity index (χ1) is 10.8. The van der Waals surface area contributed by atoms with Crippen molar-refractivity contribution in [2.24, 2.45) is 0 Å². The predicted octanol–water partition coefficient (Wildman–Crippen LogP) is 0.740. The van der Waals surface area contributed by atoms with Crippen LogP contribution >= 0.6 is 0 Å². The molecular weight excluding hydrogens is 282 g/mol. The Bertz CT molecular complexity index is 608. The summed E-state index contributed by atoms with van der Waals surface area (Å²) in [7, 11) is 0. The molecule has 0 unspecified atom stereocenters. The van der Waals surface area contributed by atoms with Crippen LogP contribution in [0.2, 0.25) is 0 Å². The SMILES string of the molecule is O=C(c1ccncn1)N1CCOC[C@@H]1CCc1cnccn1. The van der Waals surface area contributed by atoms with Gasteiger partial charge in [-0.3, -0.25) is 14.8 Å². The minimum atomic E-state index is -0.0742. The van der Waals surface area contributed by atoms with Crippen molar-refractivity contribution >= 4 is 5.91 Å². The first-order valence-corrected chi connectivity index (χ1v) is 7.24. The summed E-state index contributed by atoms with van der Waals surface area (Å²) in [5.74, 6) is -0.0742. The van der Waals surface area contributed by atoms with Crippen molar-refractivity contribution in [2.75, 3.05) is 19.8 Å². The van der Waals surface area contributed by atoms with E-state index in [0.29, 0.717) is 25.5 Å². The van der Waals surface area contributed by atoms with Gasteiger partial charge in [0, 0.05) is 31.3 Å². The molecular formula is C15H17N5O2. The monoisotopic (exact) mass is 299 g/mol. The predicted molar refractivity (Wildman–Crippen MR) is 78.0 cm³/mol. The summed E-state index contributed by atoms with van der Waals surface area (Å²) in [4.78, 5) is 30.6. The van der Waals surface area contributed by atoms with Gasteiger partial charge in [-0.15, -0.1) is 0 Å². The third-order valence-electron chi connectivity index (χ3n) is 3.64. The van der Waals surface area contributed by atoms with Crippen molar-refractivity contribution in [3.63, 3.8) is 0 Å². The Labute approximate surface area is 128 Å². The Kier molecular flexibility index (Phi) is 4.65. The lowest BCUT2D eigenvalue weighted by Gasteiger charge is -2.35. The van der Waals surface area contributed by atoms with Crippen LogP contribution in [0.4, 0.5) is 0 Å². The van der Waals surface area contributed by atoms with Crippen molar-refractivity contribution in [3.8, 4) is 0 Å². The van der Waals surface area contributed by atoms with Gasteiger partial charge in [0.05, 0.1) is 24.9 Å². The second-order valence-electron chi connectivity index (χ2n) is 5.06. The smallest absolute Gasteiger partial charge is 0.272 e. The molecule has 1 fully saturated rings. The quantitative estimate of drug-likeness (QED) is 0.828. The molecule has 3 heterocycles. The van der Waals surface area contributed by atoms with E-state index in [2.05, 4.69) is 19.9 Å². The number of nitrogens with zero attached hydrogens (tertiary/aromatic N) is 5. The van der Waals surface area contributed by atoms with Gasteiger partial charge in [0.1, 0.15) is 12.0 Å². The summed E-state index contributed by atoms with van der Waals surface area (Å²) >= 11 is 0. The van der Waals surface area contributed by atoms with Crippen molar-refractivity contribution < 1.29 is 9.53 Å². The topological polar surface area (TPSA) is 81.1 Å². The molecule has 2 aromatic rings. The van der Waals surface area contributed by atoms with Crippen molar-refractivity contribution in [1.82, 2.24) is 24.8 Å². The maximum absolute atomic E-state index is 12.6. The fourth-order valence-corrected chi connectivity index (χ4v) is 2.50. The number of hydrogen-bond acceptors (Lipinski definition) is 6. The van der Waals surface area contributed by atoms with Crippen molar-refractivity contribution in [1.29, 1.82) is 0 Å². The molecule has 2 aromatic heterocycles. The Hall–Kier alpha value is -2.41. The fourth-order valence-electron chi connectivity index (χ4n) is 2.50. The van der Waals surface area contributed by atoms with E-state index in [-0.39, 0.29) is 11.9 Å². The van der Waals surface area contributed by atoms with Gasteiger partial charge in [-0.05, 0) is 18.9 Å². The van der Waals surface area contributed by atoms with Crippen LogP contribution in [-0.4, -0.2) is 56.5 Å². The van der Waals surface area contributed by atoms with E-state index in [9.17, 15) is 4.79 Å². The third kappa shape index (κ3) is 3.43.